The lowest BCUT2D eigenvalue weighted by Gasteiger charge is -2.04. The molecule has 1 aromatic heterocycles. The fraction of sp³-hybridized carbons (Fsp3) is 0.133. The second kappa shape index (κ2) is 5.07. The van der Waals surface area contributed by atoms with Gasteiger partial charge in [-0.15, -0.1) is 11.3 Å². The first kappa shape index (κ1) is 12.3. The van der Waals surface area contributed by atoms with Gasteiger partial charge in [-0.25, -0.2) is 9.37 Å². The molecular weight excluding hydrogens is 259 g/mol. The molecule has 96 valence electrons. The highest BCUT2D eigenvalue weighted by molar-refractivity contribution is 7.13. The topological polar surface area (TPSA) is 24.9 Å². The summed E-state index contributed by atoms with van der Waals surface area (Å²) in [6.45, 7) is 0.746. The van der Waals surface area contributed by atoms with Gasteiger partial charge in [-0.2, -0.15) is 0 Å². The average Bonchev–Trinajstić information content (AvgIpc) is 2.88. The van der Waals surface area contributed by atoms with E-state index in [-0.39, 0.29) is 5.82 Å². The lowest BCUT2D eigenvalue weighted by Crippen LogP contribution is -2.04. The Bertz CT molecular complexity index is 721. The molecular formula is C15H13FN2S. The summed E-state index contributed by atoms with van der Waals surface area (Å²) in [5.74, 6) is -0.189. The van der Waals surface area contributed by atoms with E-state index in [9.17, 15) is 4.39 Å². The van der Waals surface area contributed by atoms with Crippen LogP contribution in [0.15, 0.2) is 41.8 Å². The van der Waals surface area contributed by atoms with Crippen molar-refractivity contribution in [3.8, 4) is 10.6 Å². The van der Waals surface area contributed by atoms with Gasteiger partial charge in [0.05, 0.1) is 5.69 Å². The van der Waals surface area contributed by atoms with Crippen LogP contribution in [0.4, 0.5) is 4.39 Å². The Labute approximate surface area is 114 Å². The Hall–Kier alpha value is -1.78. The molecule has 1 heterocycles. The van der Waals surface area contributed by atoms with Crippen LogP contribution in [0.5, 0.6) is 0 Å². The second-order valence-corrected chi connectivity index (χ2v) is 5.17. The molecule has 0 amide bonds. The predicted octanol–water partition coefficient (Wildman–Crippen LogP) is 3.82. The first-order chi connectivity index (χ1) is 9.29. The van der Waals surface area contributed by atoms with Gasteiger partial charge < -0.3 is 5.32 Å². The standard InChI is InChI=1S/C15H13FN2S/c1-17-8-10-9-19-15(18-10)13-6-7-14(16)12-5-3-2-4-11(12)13/h2-7,9,17H,8H2,1H3. The maximum Gasteiger partial charge on any atom is 0.131 e. The van der Waals surface area contributed by atoms with E-state index < -0.39 is 0 Å². The molecule has 0 aliphatic carbocycles. The highest BCUT2D eigenvalue weighted by Crippen LogP contribution is 2.32. The number of nitrogens with one attached hydrogen (secondary N) is 1. The van der Waals surface area contributed by atoms with Crippen LogP contribution in [0, 0.1) is 5.82 Å². The van der Waals surface area contributed by atoms with Crippen LogP contribution in [-0.2, 0) is 6.54 Å². The maximum absolute atomic E-state index is 13.8. The molecule has 0 bridgehead atoms. The Kier molecular flexibility index (Phi) is 3.27. The van der Waals surface area contributed by atoms with E-state index in [1.54, 1.807) is 23.5 Å². The molecule has 0 atom stereocenters. The third-order valence-electron chi connectivity index (χ3n) is 3.01. The number of rotatable bonds is 3. The fourth-order valence-corrected chi connectivity index (χ4v) is 3.00. The van der Waals surface area contributed by atoms with Crippen molar-refractivity contribution in [2.45, 2.75) is 6.54 Å². The van der Waals surface area contributed by atoms with Gasteiger partial charge in [0.2, 0.25) is 0 Å². The van der Waals surface area contributed by atoms with Gasteiger partial charge in [-0.05, 0) is 24.6 Å². The number of benzene rings is 2. The van der Waals surface area contributed by atoms with Crippen molar-refractivity contribution in [1.82, 2.24) is 10.3 Å². The minimum Gasteiger partial charge on any atom is -0.314 e. The van der Waals surface area contributed by atoms with Crippen molar-refractivity contribution in [1.29, 1.82) is 0 Å². The molecule has 3 rings (SSSR count). The highest BCUT2D eigenvalue weighted by atomic mass is 32.1. The van der Waals surface area contributed by atoms with Crippen molar-refractivity contribution in [3.63, 3.8) is 0 Å². The number of fused-ring (bicyclic) bond motifs is 1. The SMILES string of the molecule is CNCc1csc(-c2ccc(F)c3ccccc23)n1. The van der Waals surface area contributed by atoms with Crippen LogP contribution >= 0.6 is 11.3 Å². The Balaban J connectivity index is 2.16. The van der Waals surface area contributed by atoms with Gasteiger partial charge in [0, 0.05) is 22.9 Å². The Morgan fingerprint density at radius 2 is 1.95 bits per heavy atom. The van der Waals surface area contributed by atoms with Crippen molar-refractivity contribution in [2.75, 3.05) is 7.05 Å². The fourth-order valence-electron chi connectivity index (χ4n) is 2.14. The molecule has 2 nitrogen and oxygen atoms in total. The molecule has 0 fully saturated rings. The average molecular weight is 272 g/mol. The van der Waals surface area contributed by atoms with Gasteiger partial charge in [-0.3, -0.25) is 0 Å². The van der Waals surface area contributed by atoms with Crippen LogP contribution in [0.3, 0.4) is 0 Å². The molecule has 0 saturated carbocycles. The van der Waals surface area contributed by atoms with Gasteiger partial charge in [0.15, 0.2) is 0 Å². The third-order valence-corrected chi connectivity index (χ3v) is 3.94. The monoisotopic (exact) mass is 272 g/mol. The second-order valence-electron chi connectivity index (χ2n) is 4.31. The van der Waals surface area contributed by atoms with Crippen LogP contribution in [0.1, 0.15) is 5.69 Å². The summed E-state index contributed by atoms with van der Waals surface area (Å²) in [5.41, 5.74) is 2.00. The Morgan fingerprint density at radius 1 is 1.16 bits per heavy atom. The minimum atomic E-state index is -0.189. The molecule has 4 heteroatoms. The van der Waals surface area contributed by atoms with Gasteiger partial charge in [0.25, 0.3) is 0 Å². The van der Waals surface area contributed by atoms with E-state index in [1.165, 1.54) is 6.07 Å². The van der Waals surface area contributed by atoms with Gasteiger partial charge >= 0.3 is 0 Å². The zero-order valence-corrected chi connectivity index (χ0v) is 11.3. The van der Waals surface area contributed by atoms with E-state index in [2.05, 4.69) is 10.3 Å². The van der Waals surface area contributed by atoms with E-state index in [1.807, 2.05) is 30.6 Å². The van der Waals surface area contributed by atoms with Crippen LogP contribution < -0.4 is 5.32 Å². The van der Waals surface area contributed by atoms with Gasteiger partial charge in [0.1, 0.15) is 10.8 Å². The number of thiazole rings is 1. The zero-order valence-electron chi connectivity index (χ0n) is 10.5. The number of aromatic nitrogens is 1. The van der Waals surface area contributed by atoms with Crippen molar-refractivity contribution in [3.05, 3.63) is 53.3 Å². The van der Waals surface area contributed by atoms with Crippen LogP contribution in [-0.4, -0.2) is 12.0 Å². The predicted molar refractivity (Wildman–Crippen MR) is 77.8 cm³/mol. The lowest BCUT2D eigenvalue weighted by atomic mass is 10.0. The maximum atomic E-state index is 13.8. The molecule has 0 aliphatic rings. The first-order valence-corrected chi connectivity index (χ1v) is 6.94. The largest absolute Gasteiger partial charge is 0.314 e. The van der Waals surface area contributed by atoms with E-state index >= 15 is 0 Å². The normalized spacial score (nSPS) is 11.1. The molecule has 0 spiro atoms. The van der Waals surface area contributed by atoms with Crippen LogP contribution in [0.25, 0.3) is 21.3 Å². The minimum absolute atomic E-state index is 0.189. The summed E-state index contributed by atoms with van der Waals surface area (Å²) in [4.78, 5) is 4.58. The van der Waals surface area contributed by atoms with Crippen molar-refractivity contribution in [2.24, 2.45) is 0 Å². The van der Waals surface area contributed by atoms with E-state index in [0.717, 1.165) is 28.2 Å². The summed E-state index contributed by atoms with van der Waals surface area (Å²) in [5, 5.41) is 7.60. The van der Waals surface area contributed by atoms with Crippen molar-refractivity contribution < 1.29 is 4.39 Å². The highest BCUT2D eigenvalue weighted by Gasteiger charge is 2.10. The molecule has 0 aliphatic heterocycles. The molecule has 1 N–H and O–H groups in total. The Morgan fingerprint density at radius 3 is 2.74 bits per heavy atom. The summed E-state index contributed by atoms with van der Waals surface area (Å²) >= 11 is 1.59. The molecule has 0 radical (unpaired) electrons. The summed E-state index contributed by atoms with van der Waals surface area (Å²) in [6.07, 6.45) is 0. The van der Waals surface area contributed by atoms with Crippen molar-refractivity contribution >= 4 is 22.1 Å². The van der Waals surface area contributed by atoms with Crippen LogP contribution in [0.2, 0.25) is 0 Å². The molecule has 0 saturated heterocycles. The summed E-state index contributed by atoms with van der Waals surface area (Å²) in [7, 11) is 1.90. The molecule has 0 unspecified atom stereocenters. The third kappa shape index (κ3) is 2.25. The quantitative estimate of drug-likeness (QED) is 0.784. The number of halogens is 1. The number of hydrogen-bond donors (Lipinski definition) is 1. The lowest BCUT2D eigenvalue weighted by molar-refractivity contribution is 0.640. The summed E-state index contributed by atoms with van der Waals surface area (Å²) in [6, 6.07) is 10.8. The van der Waals surface area contributed by atoms with Gasteiger partial charge in [-0.1, -0.05) is 24.3 Å². The summed E-state index contributed by atoms with van der Waals surface area (Å²) < 4.78 is 13.8. The molecule has 19 heavy (non-hydrogen) atoms. The first-order valence-electron chi connectivity index (χ1n) is 6.06. The number of hydrogen-bond acceptors (Lipinski definition) is 3. The molecule has 3 aromatic rings. The van der Waals surface area contributed by atoms with E-state index in [4.69, 9.17) is 0 Å². The van der Waals surface area contributed by atoms with E-state index in [0.29, 0.717) is 5.39 Å². The smallest absolute Gasteiger partial charge is 0.131 e. The zero-order chi connectivity index (χ0) is 13.2. The molecule has 2 aromatic carbocycles. The number of nitrogens with zero attached hydrogens (tertiary/aromatic N) is 1.